The molecule has 4 aliphatic rings. The molecule has 47 heavy (non-hydrogen) atoms. The van der Waals surface area contributed by atoms with E-state index in [0.29, 0.717) is 48.7 Å². The fourth-order valence-electron chi connectivity index (χ4n) is 8.13. The largest absolute Gasteiger partial charge is 0.345 e. The van der Waals surface area contributed by atoms with Crippen molar-refractivity contribution in [3.8, 4) is 6.07 Å². The SMILES string of the molecule is CN(C)C(=O)C1=CC2CCc3cc(C(=O)N(C)C)ccc3C(C[C@@H](NCC(=O)N3CCCC3C#N)C3CCC3)(c3nn[nH]n3)C2C=C1. The Morgan fingerprint density at radius 2 is 1.89 bits per heavy atom. The van der Waals surface area contributed by atoms with Crippen molar-refractivity contribution < 1.29 is 14.4 Å². The monoisotopic (exact) mass is 639 g/mol. The van der Waals surface area contributed by atoms with E-state index in [1.54, 1.807) is 42.9 Å². The summed E-state index contributed by atoms with van der Waals surface area (Å²) in [6.07, 6.45) is 13.0. The summed E-state index contributed by atoms with van der Waals surface area (Å²) in [4.78, 5) is 44.5. The Balaban J connectivity index is 1.45. The average molecular weight is 640 g/mol. The van der Waals surface area contributed by atoms with E-state index in [2.05, 4.69) is 50.2 Å². The lowest BCUT2D eigenvalue weighted by Crippen LogP contribution is -2.52. The van der Waals surface area contributed by atoms with Crippen LogP contribution < -0.4 is 5.32 Å². The fourth-order valence-corrected chi connectivity index (χ4v) is 8.13. The number of nitrogens with one attached hydrogen (secondary N) is 2. The summed E-state index contributed by atoms with van der Waals surface area (Å²) in [5.74, 6) is 0.624. The normalized spacial score (nSPS) is 25.8. The fraction of sp³-hybridized carbons (Fsp3) is 0.571. The number of likely N-dealkylation sites (N-methyl/N-ethyl adjacent to an activating group) is 1. The molecule has 4 unspecified atom stereocenters. The van der Waals surface area contributed by atoms with Crippen LogP contribution in [0.5, 0.6) is 0 Å². The molecule has 3 aliphatic carbocycles. The lowest BCUT2D eigenvalue weighted by molar-refractivity contribution is -0.130. The number of H-pyrrole nitrogens is 1. The van der Waals surface area contributed by atoms with Gasteiger partial charge in [-0.05, 0) is 80.0 Å². The minimum absolute atomic E-state index is 0.0116. The number of benzene rings is 1. The molecule has 0 bridgehead atoms. The minimum atomic E-state index is -0.776. The van der Waals surface area contributed by atoms with E-state index in [1.807, 2.05) is 18.2 Å². The van der Waals surface area contributed by atoms with Gasteiger partial charge in [-0.2, -0.15) is 10.5 Å². The molecule has 1 aromatic carbocycles. The number of tetrazole rings is 1. The van der Waals surface area contributed by atoms with E-state index in [9.17, 15) is 19.6 Å². The quantitative estimate of drug-likeness (QED) is 0.425. The average Bonchev–Trinajstić information content (AvgIpc) is 3.74. The number of aromatic nitrogens is 4. The second kappa shape index (κ2) is 13.4. The van der Waals surface area contributed by atoms with Gasteiger partial charge >= 0.3 is 0 Å². The molecule has 3 amide bonds. The molecule has 12 heteroatoms. The number of nitrogens with zero attached hydrogens (tertiary/aromatic N) is 7. The summed E-state index contributed by atoms with van der Waals surface area (Å²) >= 11 is 0. The first-order valence-corrected chi connectivity index (χ1v) is 16.8. The number of amides is 3. The molecule has 2 aromatic rings. The first kappa shape index (κ1) is 32.6. The first-order valence-electron chi connectivity index (χ1n) is 16.8. The van der Waals surface area contributed by atoms with E-state index >= 15 is 0 Å². The van der Waals surface area contributed by atoms with Gasteiger partial charge in [0.05, 0.1) is 18.0 Å². The molecule has 2 N–H and O–H groups in total. The Bertz CT molecular complexity index is 1600. The molecule has 1 saturated carbocycles. The van der Waals surface area contributed by atoms with E-state index in [0.717, 1.165) is 43.2 Å². The van der Waals surface area contributed by atoms with Gasteiger partial charge in [-0.25, -0.2) is 0 Å². The number of aromatic amines is 1. The highest BCUT2D eigenvalue weighted by Gasteiger charge is 2.52. The third-order valence-corrected chi connectivity index (χ3v) is 10.8. The maximum absolute atomic E-state index is 13.4. The summed E-state index contributed by atoms with van der Waals surface area (Å²) in [6.45, 7) is 0.756. The number of fused-ring (bicyclic) bond motifs is 2. The summed E-state index contributed by atoms with van der Waals surface area (Å²) in [6, 6.07) is 7.83. The standard InChI is InChI=1S/C35H45N9O3/c1-42(2)32(46)25-12-14-28-23(17-25)10-11-24-18-26(33(47)43(3)4)13-15-29(24)35(28,34-38-40-41-39-34)19-30(22-7-5-8-22)37-21-31(45)44-16-6-9-27(44)20-36/h12-15,17-18,22-23,27-28,30,37H,5-11,16,19,21H2,1-4H3,(H,38,39,40,41)/t23?,27?,28?,30-,35?/m1/s1. The number of allylic oxidation sites excluding steroid dienone is 2. The third-order valence-electron chi connectivity index (χ3n) is 10.8. The maximum atomic E-state index is 13.4. The van der Waals surface area contributed by atoms with E-state index in [-0.39, 0.29) is 48.2 Å². The molecule has 2 heterocycles. The van der Waals surface area contributed by atoms with Crippen molar-refractivity contribution in [2.75, 3.05) is 41.3 Å². The van der Waals surface area contributed by atoms with Gasteiger partial charge in [0.1, 0.15) is 6.04 Å². The number of aryl methyl sites for hydroxylation is 1. The highest BCUT2D eigenvalue weighted by molar-refractivity contribution is 5.96. The van der Waals surface area contributed by atoms with Crippen molar-refractivity contribution in [2.45, 2.75) is 68.9 Å². The van der Waals surface area contributed by atoms with Crippen LogP contribution in [0.25, 0.3) is 0 Å². The smallest absolute Gasteiger partial charge is 0.253 e. The molecular formula is C35H45N9O3. The van der Waals surface area contributed by atoms with Crippen molar-refractivity contribution in [3.05, 3.63) is 64.5 Å². The van der Waals surface area contributed by atoms with Gasteiger partial charge in [-0.1, -0.05) is 35.9 Å². The number of hydrogen-bond acceptors (Lipinski definition) is 8. The molecule has 12 nitrogen and oxygen atoms in total. The number of carbonyl (C=O) groups is 3. The summed E-state index contributed by atoms with van der Waals surface area (Å²) in [5.41, 5.74) is 2.60. The Morgan fingerprint density at radius 1 is 1.11 bits per heavy atom. The second-order valence-electron chi connectivity index (χ2n) is 13.9. The highest BCUT2D eigenvalue weighted by Crippen LogP contribution is 2.53. The van der Waals surface area contributed by atoms with E-state index in [4.69, 9.17) is 0 Å². The van der Waals surface area contributed by atoms with Crippen molar-refractivity contribution in [1.29, 1.82) is 5.26 Å². The number of nitriles is 1. The molecule has 1 saturated heterocycles. The Labute approximate surface area is 276 Å². The predicted molar refractivity (Wildman–Crippen MR) is 175 cm³/mol. The van der Waals surface area contributed by atoms with Crippen LogP contribution in [-0.2, 0) is 21.4 Å². The Kier molecular flexibility index (Phi) is 9.28. The summed E-state index contributed by atoms with van der Waals surface area (Å²) in [7, 11) is 7.02. The zero-order chi connectivity index (χ0) is 33.3. The third kappa shape index (κ3) is 6.09. The van der Waals surface area contributed by atoms with Crippen molar-refractivity contribution >= 4 is 17.7 Å². The topological polar surface area (TPSA) is 151 Å². The first-order chi connectivity index (χ1) is 22.6. The molecule has 0 spiro atoms. The van der Waals surface area contributed by atoms with Crippen LogP contribution >= 0.6 is 0 Å². The molecule has 1 aromatic heterocycles. The van der Waals surface area contributed by atoms with Crippen LogP contribution in [0.2, 0.25) is 0 Å². The van der Waals surface area contributed by atoms with Crippen LogP contribution in [0.4, 0.5) is 0 Å². The maximum Gasteiger partial charge on any atom is 0.253 e. The highest BCUT2D eigenvalue weighted by atomic mass is 16.2. The Hall–Kier alpha value is -4.37. The van der Waals surface area contributed by atoms with Gasteiger partial charge in [0.2, 0.25) is 5.91 Å². The second-order valence-corrected chi connectivity index (χ2v) is 13.9. The van der Waals surface area contributed by atoms with Crippen LogP contribution in [0.15, 0.2) is 42.0 Å². The zero-order valence-electron chi connectivity index (χ0n) is 27.8. The number of carbonyl (C=O) groups excluding carboxylic acids is 3. The molecular weight excluding hydrogens is 594 g/mol. The van der Waals surface area contributed by atoms with Crippen LogP contribution in [-0.4, -0.2) is 106 Å². The number of hydrogen-bond donors (Lipinski definition) is 2. The molecule has 248 valence electrons. The van der Waals surface area contributed by atoms with Crippen molar-refractivity contribution in [2.24, 2.45) is 17.8 Å². The summed E-state index contributed by atoms with van der Waals surface area (Å²) < 4.78 is 0. The molecule has 2 fully saturated rings. The van der Waals surface area contributed by atoms with Gasteiger partial charge in [-0.15, -0.1) is 10.2 Å². The zero-order valence-corrected chi connectivity index (χ0v) is 27.8. The van der Waals surface area contributed by atoms with Crippen LogP contribution in [0.1, 0.15) is 72.3 Å². The van der Waals surface area contributed by atoms with Crippen LogP contribution in [0, 0.1) is 29.1 Å². The van der Waals surface area contributed by atoms with Gasteiger partial charge in [0, 0.05) is 57.8 Å². The van der Waals surface area contributed by atoms with Gasteiger partial charge in [-0.3, -0.25) is 14.4 Å². The van der Waals surface area contributed by atoms with Gasteiger partial charge in [0.15, 0.2) is 5.82 Å². The Morgan fingerprint density at radius 3 is 2.55 bits per heavy atom. The van der Waals surface area contributed by atoms with Crippen molar-refractivity contribution in [1.82, 2.24) is 40.6 Å². The van der Waals surface area contributed by atoms with Crippen LogP contribution in [0.3, 0.4) is 0 Å². The van der Waals surface area contributed by atoms with Gasteiger partial charge in [0.25, 0.3) is 11.8 Å². The predicted octanol–water partition coefficient (Wildman–Crippen LogP) is 2.61. The number of rotatable bonds is 9. The molecule has 1 aliphatic heterocycles. The minimum Gasteiger partial charge on any atom is -0.345 e. The summed E-state index contributed by atoms with van der Waals surface area (Å²) in [5, 5.41) is 29.3. The molecule has 5 atom stereocenters. The van der Waals surface area contributed by atoms with Crippen molar-refractivity contribution in [3.63, 3.8) is 0 Å². The molecule has 6 rings (SSSR count). The molecule has 0 radical (unpaired) electrons. The van der Waals surface area contributed by atoms with E-state index < -0.39 is 5.41 Å². The van der Waals surface area contributed by atoms with E-state index in [1.165, 1.54) is 0 Å². The number of likely N-dealkylation sites (tertiary alicyclic amines) is 1. The lowest BCUT2D eigenvalue weighted by atomic mass is 9.59. The lowest BCUT2D eigenvalue weighted by Gasteiger charge is -2.46. The van der Waals surface area contributed by atoms with Gasteiger partial charge < -0.3 is 20.0 Å².